The van der Waals surface area contributed by atoms with Crippen LogP contribution in [-0.4, -0.2) is 76.8 Å². The molecule has 0 aliphatic carbocycles. The highest BCUT2D eigenvalue weighted by atomic mass is 16.7. The molecule has 0 spiro atoms. The van der Waals surface area contributed by atoms with Gasteiger partial charge in [-0.15, -0.1) is 0 Å². The Morgan fingerprint density at radius 3 is 1.82 bits per heavy atom. The van der Waals surface area contributed by atoms with Crippen LogP contribution < -0.4 is 5.73 Å². The van der Waals surface area contributed by atoms with E-state index in [9.17, 15) is 9.59 Å². The zero-order valence-electron chi connectivity index (χ0n) is 16.5. The summed E-state index contributed by atoms with van der Waals surface area (Å²) in [6.45, 7) is 8.62. The van der Waals surface area contributed by atoms with E-state index in [2.05, 4.69) is 9.97 Å². The molecule has 3 rings (SSSR count). The number of hydrogen-bond acceptors (Lipinski definition) is 8. The van der Waals surface area contributed by atoms with Gasteiger partial charge in [-0.3, -0.25) is 9.59 Å². The van der Waals surface area contributed by atoms with Crippen molar-refractivity contribution in [2.45, 2.75) is 51.5 Å². The summed E-state index contributed by atoms with van der Waals surface area (Å²) in [6, 6.07) is 0. The summed E-state index contributed by atoms with van der Waals surface area (Å²) < 4.78 is 22.8. The molecule has 0 aromatic carbocycles. The Labute approximate surface area is 163 Å². The van der Waals surface area contributed by atoms with Crippen LogP contribution in [0.3, 0.4) is 0 Å². The Hall–Kier alpha value is -2.14. The van der Waals surface area contributed by atoms with Crippen LogP contribution in [0.1, 0.15) is 48.7 Å². The largest absolute Gasteiger partial charge is 0.364 e. The number of nitrogens with two attached hydrogens (primary N) is 1. The third-order valence-corrected chi connectivity index (χ3v) is 4.39. The first-order valence-electron chi connectivity index (χ1n) is 9.09. The summed E-state index contributed by atoms with van der Waals surface area (Å²) in [5.41, 5.74) is 5.26. The van der Waals surface area contributed by atoms with Crippen molar-refractivity contribution in [1.82, 2.24) is 14.9 Å². The van der Waals surface area contributed by atoms with Crippen LogP contribution in [0.2, 0.25) is 0 Å². The SMILES string of the molecule is CC1(C)OCC(CN(CC2COC(C)(C)O2)C(=O)c2cnc(C(N)=O)cn2)O1. The van der Waals surface area contributed by atoms with Crippen molar-refractivity contribution in [2.75, 3.05) is 26.3 Å². The number of hydrogen-bond donors (Lipinski definition) is 1. The second-order valence-corrected chi connectivity index (χ2v) is 7.76. The lowest BCUT2D eigenvalue weighted by molar-refractivity contribution is -0.143. The number of aromatic nitrogens is 2. The number of rotatable bonds is 6. The lowest BCUT2D eigenvalue weighted by atomic mass is 10.2. The number of carbonyl (C=O) groups excluding carboxylic acids is 2. The average molecular weight is 394 g/mol. The lowest BCUT2D eigenvalue weighted by Gasteiger charge is -2.28. The number of nitrogens with zero attached hydrogens (tertiary/aromatic N) is 3. The van der Waals surface area contributed by atoms with Crippen molar-refractivity contribution < 1.29 is 28.5 Å². The van der Waals surface area contributed by atoms with Gasteiger partial charge >= 0.3 is 0 Å². The minimum absolute atomic E-state index is 0.00773. The van der Waals surface area contributed by atoms with Gasteiger partial charge in [-0.05, 0) is 27.7 Å². The van der Waals surface area contributed by atoms with E-state index in [-0.39, 0.29) is 29.5 Å². The maximum absolute atomic E-state index is 13.0. The highest BCUT2D eigenvalue weighted by Crippen LogP contribution is 2.26. The molecule has 2 amide bonds. The maximum atomic E-state index is 13.0. The van der Waals surface area contributed by atoms with Crippen molar-refractivity contribution in [2.24, 2.45) is 5.73 Å². The molecule has 3 heterocycles. The highest BCUT2D eigenvalue weighted by molar-refractivity contribution is 5.93. The maximum Gasteiger partial charge on any atom is 0.274 e. The first kappa shape index (κ1) is 20.6. The Morgan fingerprint density at radius 1 is 1.00 bits per heavy atom. The van der Waals surface area contributed by atoms with Crippen molar-refractivity contribution in [3.8, 4) is 0 Å². The predicted octanol–water partition coefficient (Wildman–Crippen LogP) is 0.321. The molecule has 2 atom stereocenters. The molecule has 0 saturated carbocycles. The lowest BCUT2D eigenvalue weighted by Crippen LogP contribution is -2.44. The molecule has 2 unspecified atom stereocenters. The van der Waals surface area contributed by atoms with Gasteiger partial charge in [0.05, 0.1) is 25.6 Å². The second-order valence-electron chi connectivity index (χ2n) is 7.76. The van der Waals surface area contributed by atoms with Gasteiger partial charge in [0.2, 0.25) is 0 Å². The van der Waals surface area contributed by atoms with Gasteiger partial charge in [0.25, 0.3) is 11.8 Å². The molecule has 0 bridgehead atoms. The van der Waals surface area contributed by atoms with Crippen LogP contribution in [0.25, 0.3) is 0 Å². The fraction of sp³-hybridized carbons (Fsp3) is 0.667. The molecule has 1 aromatic heterocycles. The van der Waals surface area contributed by atoms with Crippen LogP contribution in [0.15, 0.2) is 12.4 Å². The summed E-state index contributed by atoms with van der Waals surface area (Å²) in [5.74, 6) is -2.46. The van der Waals surface area contributed by atoms with Gasteiger partial charge in [0, 0.05) is 13.1 Å². The summed E-state index contributed by atoms with van der Waals surface area (Å²) >= 11 is 0. The molecule has 10 heteroatoms. The first-order chi connectivity index (χ1) is 13.0. The molecular weight excluding hydrogens is 368 g/mol. The van der Waals surface area contributed by atoms with Gasteiger partial charge < -0.3 is 29.6 Å². The van der Waals surface area contributed by atoms with Crippen LogP contribution >= 0.6 is 0 Å². The summed E-state index contributed by atoms with van der Waals surface area (Å²) in [6.07, 6.45) is 1.85. The van der Waals surface area contributed by atoms with Gasteiger partial charge in [-0.2, -0.15) is 0 Å². The van der Waals surface area contributed by atoms with Crippen molar-refractivity contribution in [3.63, 3.8) is 0 Å². The first-order valence-corrected chi connectivity index (χ1v) is 9.09. The van der Waals surface area contributed by atoms with E-state index in [4.69, 9.17) is 24.7 Å². The molecule has 0 radical (unpaired) electrons. The predicted molar refractivity (Wildman–Crippen MR) is 96.3 cm³/mol. The highest BCUT2D eigenvalue weighted by Gasteiger charge is 2.38. The van der Waals surface area contributed by atoms with Crippen LogP contribution in [-0.2, 0) is 18.9 Å². The molecule has 154 valence electrons. The minimum atomic E-state index is -0.708. The Bertz CT molecular complexity index is 708. The summed E-state index contributed by atoms with van der Waals surface area (Å²) in [4.78, 5) is 33.7. The quantitative estimate of drug-likeness (QED) is 0.731. The molecule has 2 fully saturated rings. The molecular formula is C18H26N4O6. The smallest absolute Gasteiger partial charge is 0.274 e. The topological polar surface area (TPSA) is 126 Å². The number of primary amides is 1. The second kappa shape index (κ2) is 7.70. The van der Waals surface area contributed by atoms with E-state index in [1.54, 1.807) is 4.90 Å². The number of ether oxygens (including phenoxy) is 4. The van der Waals surface area contributed by atoms with Crippen LogP contribution in [0, 0.1) is 0 Å². The van der Waals surface area contributed by atoms with Crippen LogP contribution in [0.5, 0.6) is 0 Å². The van der Waals surface area contributed by atoms with E-state index < -0.39 is 17.5 Å². The molecule has 2 aliphatic rings. The van der Waals surface area contributed by atoms with E-state index in [1.165, 1.54) is 12.4 Å². The van der Waals surface area contributed by atoms with Crippen molar-refractivity contribution >= 4 is 11.8 Å². The van der Waals surface area contributed by atoms with E-state index in [0.717, 1.165) is 0 Å². The monoisotopic (exact) mass is 394 g/mol. The number of carbonyl (C=O) groups is 2. The van der Waals surface area contributed by atoms with E-state index in [0.29, 0.717) is 26.3 Å². The molecule has 1 aromatic rings. The fourth-order valence-electron chi connectivity index (χ4n) is 3.17. The van der Waals surface area contributed by atoms with E-state index in [1.807, 2.05) is 27.7 Å². The zero-order valence-corrected chi connectivity index (χ0v) is 16.5. The van der Waals surface area contributed by atoms with Gasteiger partial charge in [-0.25, -0.2) is 9.97 Å². The zero-order chi connectivity index (χ0) is 20.5. The van der Waals surface area contributed by atoms with Crippen molar-refractivity contribution in [1.29, 1.82) is 0 Å². The molecule has 2 saturated heterocycles. The fourth-order valence-corrected chi connectivity index (χ4v) is 3.17. The average Bonchev–Trinajstić information content (AvgIpc) is 3.14. The molecule has 10 nitrogen and oxygen atoms in total. The van der Waals surface area contributed by atoms with Gasteiger partial charge in [0.15, 0.2) is 11.6 Å². The standard InChI is InChI=1S/C18H26N4O6/c1-17(2)25-9-11(27-17)7-22(8-12-10-26-18(3,4)28-12)16(24)14-6-20-13(5-21-14)15(19)23/h5-6,11-12H,7-10H2,1-4H3,(H2,19,23). The summed E-state index contributed by atoms with van der Waals surface area (Å²) in [7, 11) is 0. The molecule has 2 aliphatic heterocycles. The normalized spacial score (nSPS) is 25.6. The Kier molecular flexibility index (Phi) is 5.67. The van der Waals surface area contributed by atoms with Crippen molar-refractivity contribution in [3.05, 3.63) is 23.8 Å². The third-order valence-electron chi connectivity index (χ3n) is 4.39. The Morgan fingerprint density at radius 2 is 1.46 bits per heavy atom. The Balaban J connectivity index is 1.74. The van der Waals surface area contributed by atoms with Gasteiger partial charge in [-0.1, -0.05) is 0 Å². The molecule has 28 heavy (non-hydrogen) atoms. The number of amides is 2. The van der Waals surface area contributed by atoms with E-state index >= 15 is 0 Å². The molecule has 2 N–H and O–H groups in total. The summed E-state index contributed by atoms with van der Waals surface area (Å²) in [5, 5.41) is 0. The van der Waals surface area contributed by atoms with Crippen LogP contribution in [0.4, 0.5) is 0 Å². The van der Waals surface area contributed by atoms with Gasteiger partial charge in [0.1, 0.15) is 23.6 Å². The third kappa shape index (κ3) is 5.02. The minimum Gasteiger partial charge on any atom is -0.364 e.